The maximum atomic E-state index is 12.3. The van der Waals surface area contributed by atoms with Crippen molar-refractivity contribution in [2.24, 2.45) is 0 Å². The Bertz CT molecular complexity index is 985. The van der Waals surface area contributed by atoms with E-state index >= 15 is 0 Å². The Balaban J connectivity index is 2.07. The van der Waals surface area contributed by atoms with Crippen molar-refractivity contribution in [2.75, 3.05) is 7.11 Å². The molecule has 7 nitrogen and oxygen atoms in total. The maximum Gasteiger partial charge on any atom is 0.319 e. The number of nitrogens with zero attached hydrogens (tertiary/aromatic N) is 3. The van der Waals surface area contributed by atoms with Crippen LogP contribution in [0.2, 0.25) is 5.02 Å². The number of halogens is 1. The number of methoxy groups -OCH3 is 1. The molecule has 0 aliphatic heterocycles. The number of nitrogens with one attached hydrogen (secondary N) is 1. The normalized spacial score (nSPS) is 12.3. The summed E-state index contributed by atoms with van der Waals surface area (Å²) in [4.78, 5) is 31.2. The lowest BCUT2D eigenvalue weighted by Crippen LogP contribution is -2.19. The molecule has 2 heterocycles. The van der Waals surface area contributed by atoms with Gasteiger partial charge in [-0.25, -0.2) is 9.67 Å². The fraction of sp³-hybridized carbons (Fsp3) is 0.250. The van der Waals surface area contributed by atoms with Gasteiger partial charge in [0.25, 0.3) is 5.56 Å². The number of esters is 1. The van der Waals surface area contributed by atoms with Gasteiger partial charge >= 0.3 is 5.97 Å². The SMILES string of the molecule is CCC(Sc1nc2c(cnn2-c2cccc(Cl)c2)c(=O)[nH]1)C(=O)OC. The van der Waals surface area contributed by atoms with Crippen LogP contribution in [0, 0.1) is 0 Å². The van der Waals surface area contributed by atoms with Crippen molar-refractivity contribution in [2.45, 2.75) is 23.8 Å². The van der Waals surface area contributed by atoms with Gasteiger partial charge in [0.1, 0.15) is 10.6 Å². The summed E-state index contributed by atoms with van der Waals surface area (Å²) in [6.07, 6.45) is 2.00. The van der Waals surface area contributed by atoms with Gasteiger partial charge in [0.15, 0.2) is 10.8 Å². The second kappa shape index (κ2) is 7.28. The molecule has 0 saturated heterocycles. The molecular weight excluding hydrogens is 364 g/mol. The number of aromatic nitrogens is 4. The van der Waals surface area contributed by atoms with Crippen molar-refractivity contribution in [3.63, 3.8) is 0 Å². The minimum absolute atomic E-state index is 0.319. The molecule has 0 aliphatic carbocycles. The molecule has 3 aromatic rings. The number of aromatic amines is 1. The average Bonchev–Trinajstić information content (AvgIpc) is 3.03. The summed E-state index contributed by atoms with van der Waals surface area (Å²) in [7, 11) is 1.33. The fourth-order valence-electron chi connectivity index (χ4n) is 2.32. The van der Waals surface area contributed by atoms with Crippen LogP contribution in [0.1, 0.15) is 13.3 Å². The highest BCUT2D eigenvalue weighted by atomic mass is 35.5. The molecule has 0 spiro atoms. The third-order valence-corrected chi connectivity index (χ3v) is 5.02. The lowest BCUT2D eigenvalue weighted by atomic mass is 10.3. The van der Waals surface area contributed by atoms with Gasteiger partial charge in [0.05, 0.1) is 19.0 Å². The van der Waals surface area contributed by atoms with Crippen LogP contribution in [0.25, 0.3) is 16.7 Å². The van der Waals surface area contributed by atoms with E-state index in [1.54, 1.807) is 22.9 Å². The number of carbonyl (C=O) groups is 1. The Kier molecular flexibility index (Phi) is 5.10. The van der Waals surface area contributed by atoms with E-state index < -0.39 is 5.25 Å². The zero-order chi connectivity index (χ0) is 18.0. The molecule has 3 rings (SSSR count). The van der Waals surface area contributed by atoms with Gasteiger partial charge in [0, 0.05) is 5.02 Å². The molecule has 9 heteroatoms. The molecule has 25 heavy (non-hydrogen) atoms. The lowest BCUT2D eigenvalue weighted by Gasteiger charge is -2.11. The smallest absolute Gasteiger partial charge is 0.319 e. The van der Waals surface area contributed by atoms with E-state index in [0.717, 1.165) is 11.8 Å². The molecule has 1 unspecified atom stereocenters. The van der Waals surface area contributed by atoms with Crippen LogP contribution in [0.3, 0.4) is 0 Å². The second-order valence-corrected chi connectivity index (χ2v) is 6.81. The molecule has 0 radical (unpaired) electrons. The zero-order valence-electron chi connectivity index (χ0n) is 13.5. The summed E-state index contributed by atoms with van der Waals surface area (Å²) in [5, 5.41) is 5.02. The van der Waals surface area contributed by atoms with Crippen LogP contribution >= 0.6 is 23.4 Å². The Morgan fingerprint density at radius 2 is 2.28 bits per heavy atom. The highest BCUT2D eigenvalue weighted by Gasteiger charge is 2.21. The molecule has 0 fully saturated rings. The van der Waals surface area contributed by atoms with E-state index in [1.807, 2.05) is 13.0 Å². The van der Waals surface area contributed by atoms with Crippen LogP contribution in [-0.2, 0) is 9.53 Å². The average molecular weight is 379 g/mol. The molecule has 1 aromatic carbocycles. The van der Waals surface area contributed by atoms with Crippen molar-refractivity contribution in [1.82, 2.24) is 19.7 Å². The summed E-state index contributed by atoms with van der Waals surface area (Å²) in [6.45, 7) is 1.86. The first-order chi connectivity index (χ1) is 12.0. The summed E-state index contributed by atoms with van der Waals surface area (Å²) >= 11 is 7.18. The molecule has 1 N–H and O–H groups in total. The third-order valence-electron chi connectivity index (χ3n) is 3.56. The van der Waals surface area contributed by atoms with Crippen molar-refractivity contribution in [3.8, 4) is 5.69 Å². The third kappa shape index (κ3) is 3.54. The summed E-state index contributed by atoms with van der Waals surface area (Å²) in [5.41, 5.74) is 0.769. The van der Waals surface area contributed by atoms with E-state index in [4.69, 9.17) is 16.3 Å². The first kappa shape index (κ1) is 17.5. The molecule has 130 valence electrons. The first-order valence-electron chi connectivity index (χ1n) is 7.52. The van der Waals surface area contributed by atoms with E-state index in [0.29, 0.717) is 33.3 Å². The maximum absolute atomic E-state index is 12.3. The van der Waals surface area contributed by atoms with Crippen molar-refractivity contribution < 1.29 is 9.53 Å². The number of rotatable bonds is 5. The van der Waals surface area contributed by atoms with Gasteiger partial charge in [-0.2, -0.15) is 5.10 Å². The number of fused-ring (bicyclic) bond motifs is 1. The van der Waals surface area contributed by atoms with Gasteiger partial charge in [-0.05, 0) is 24.6 Å². The monoisotopic (exact) mass is 378 g/mol. The van der Waals surface area contributed by atoms with Crippen molar-refractivity contribution in [3.05, 3.63) is 45.8 Å². The molecule has 0 amide bonds. The molecule has 0 aliphatic rings. The van der Waals surface area contributed by atoms with E-state index in [2.05, 4.69) is 15.1 Å². The second-order valence-electron chi connectivity index (χ2n) is 5.18. The quantitative estimate of drug-likeness (QED) is 0.417. The molecule has 0 saturated carbocycles. The van der Waals surface area contributed by atoms with Crippen LogP contribution in [0.15, 0.2) is 40.4 Å². The number of hydrogen-bond acceptors (Lipinski definition) is 6. The largest absolute Gasteiger partial charge is 0.468 e. The Labute approximate surface area is 152 Å². The highest BCUT2D eigenvalue weighted by molar-refractivity contribution is 8.00. The lowest BCUT2D eigenvalue weighted by molar-refractivity contribution is -0.140. The van der Waals surface area contributed by atoms with Gasteiger partial charge in [-0.15, -0.1) is 0 Å². The van der Waals surface area contributed by atoms with Crippen molar-refractivity contribution >= 4 is 40.4 Å². The Hall–Kier alpha value is -2.32. The zero-order valence-corrected chi connectivity index (χ0v) is 15.1. The molecular formula is C16H15ClN4O3S. The standard InChI is InChI=1S/C16H15ClN4O3S/c1-3-12(15(23)24-2)25-16-19-13-11(14(22)20-16)8-18-21(13)10-6-4-5-9(17)7-10/h4-8,12H,3H2,1-2H3,(H,19,20,22). The Morgan fingerprint density at radius 1 is 1.48 bits per heavy atom. The molecule has 2 aromatic heterocycles. The molecule has 1 atom stereocenters. The minimum Gasteiger partial charge on any atom is -0.468 e. The van der Waals surface area contributed by atoms with E-state index in [-0.39, 0.29) is 11.5 Å². The van der Waals surface area contributed by atoms with E-state index in [9.17, 15) is 9.59 Å². The predicted octanol–water partition coefficient (Wildman–Crippen LogP) is 2.81. The van der Waals surface area contributed by atoms with Gasteiger partial charge in [0.2, 0.25) is 0 Å². The van der Waals surface area contributed by atoms with Gasteiger partial charge in [-0.1, -0.05) is 36.4 Å². The summed E-state index contributed by atoms with van der Waals surface area (Å²) in [5.74, 6) is -0.362. The number of carbonyl (C=O) groups excluding carboxylic acids is 1. The van der Waals surface area contributed by atoms with Gasteiger partial charge in [-0.3, -0.25) is 9.59 Å². The van der Waals surface area contributed by atoms with Crippen molar-refractivity contribution in [1.29, 1.82) is 0 Å². The fourth-order valence-corrected chi connectivity index (χ4v) is 3.42. The van der Waals surface area contributed by atoms with Gasteiger partial charge < -0.3 is 9.72 Å². The highest BCUT2D eigenvalue weighted by Crippen LogP contribution is 2.24. The first-order valence-corrected chi connectivity index (χ1v) is 8.77. The number of benzene rings is 1. The van der Waals surface area contributed by atoms with Crippen LogP contribution in [0.5, 0.6) is 0 Å². The van der Waals surface area contributed by atoms with E-state index in [1.165, 1.54) is 13.3 Å². The number of thioether (sulfide) groups is 1. The number of H-pyrrole nitrogens is 1. The summed E-state index contributed by atoms with van der Waals surface area (Å²) < 4.78 is 6.31. The number of ether oxygens (including phenoxy) is 1. The molecule has 0 bridgehead atoms. The van der Waals surface area contributed by atoms with Crippen LogP contribution in [0.4, 0.5) is 0 Å². The number of hydrogen-bond donors (Lipinski definition) is 1. The predicted molar refractivity (Wildman–Crippen MR) is 96.4 cm³/mol. The van der Waals surface area contributed by atoms with Crippen LogP contribution < -0.4 is 5.56 Å². The Morgan fingerprint density at radius 3 is 2.96 bits per heavy atom. The topological polar surface area (TPSA) is 89.9 Å². The van der Waals surface area contributed by atoms with Crippen LogP contribution in [-0.4, -0.2) is 38.1 Å². The summed E-state index contributed by atoms with van der Waals surface area (Å²) in [6, 6.07) is 7.09. The minimum atomic E-state index is -0.451.